The Labute approximate surface area is 82.0 Å². The third kappa shape index (κ3) is 3.92. The first-order chi connectivity index (χ1) is 6.22. The summed E-state index contributed by atoms with van der Waals surface area (Å²) in [5.41, 5.74) is 1.51. The Balaban J connectivity index is 2.28. The normalized spacial score (nSPS) is 26.4. The van der Waals surface area contributed by atoms with Crippen molar-refractivity contribution < 1.29 is 0 Å². The molecule has 76 valence electrons. The van der Waals surface area contributed by atoms with E-state index < -0.39 is 0 Å². The van der Waals surface area contributed by atoms with E-state index in [1.54, 1.807) is 0 Å². The van der Waals surface area contributed by atoms with Crippen LogP contribution in [-0.2, 0) is 0 Å². The number of nitrogens with zero attached hydrogens (tertiary/aromatic N) is 1. The van der Waals surface area contributed by atoms with Gasteiger partial charge in [-0.3, -0.25) is 0 Å². The van der Waals surface area contributed by atoms with Gasteiger partial charge in [0.25, 0.3) is 0 Å². The van der Waals surface area contributed by atoms with Crippen LogP contribution < -0.4 is 5.32 Å². The van der Waals surface area contributed by atoms with E-state index in [9.17, 15) is 0 Å². The average Bonchev–Trinajstić information content (AvgIpc) is 2.14. The summed E-state index contributed by atoms with van der Waals surface area (Å²) in [6.07, 6.45) is 4.74. The first-order valence-corrected chi connectivity index (χ1v) is 5.30. The zero-order valence-corrected chi connectivity index (χ0v) is 9.14. The Bertz CT molecular complexity index is 175. The third-order valence-electron chi connectivity index (χ3n) is 2.77. The van der Waals surface area contributed by atoms with Gasteiger partial charge in [0.15, 0.2) is 0 Å². The highest BCUT2D eigenvalue weighted by molar-refractivity contribution is 4.99. The van der Waals surface area contributed by atoms with Crippen LogP contribution in [0.15, 0.2) is 11.6 Å². The molecular formula is C11H22N2. The van der Waals surface area contributed by atoms with Crippen molar-refractivity contribution in [1.29, 1.82) is 0 Å². The molecule has 1 aliphatic heterocycles. The molecule has 1 unspecified atom stereocenters. The maximum absolute atomic E-state index is 3.54. The molecule has 1 aliphatic rings. The number of hydrogen-bond donors (Lipinski definition) is 1. The lowest BCUT2D eigenvalue weighted by Crippen LogP contribution is -2.48. The molecule has 1 rings (SSSR count). The lowest BCUT2D eigenvalue weighted by Gasteiger charge is -2.30. The average molecular weight is 182 g/mol. The quantitative estimate of drug-likeness (QED) is 0.667. The van der Waals surface area contributed by atoms with E-state index in [1.807, 2.05) is 0 Å². The standard InChI is InChI=1S/C11H22N2/c1-4-10(2)5-6-11-9-13(3)8-7-12-11/h5,11-12H,4,6-9H2,1-3H3/b10-5-. The fourth-order valence-electron chi connectivity index (χ4n) is 1.64. The smallest absolute Gasteiger partial charge is 0.0229 e. The van der Waals surface area contributed by atoms with Gasteiger partial charge >= 0.3 is 0 Å². The maximum atomic E-state index is 3.54. The van der Waals surface area contributed by atoms with Crippen LogP contribution in [0.1, 0.15) is 26.7 Å². The lowest BCUT2D eigenvalue weighted by molar-refractivity contribution is 0.239. The van der Waals surface area contributed by atoms with E-state index in [1.165, 1.54) is 31.5 Å². The molecule has 0 spiro atoms. The van der Waals surface area contributed by atoms with Gasteiger partial charge in [-0.2, -0.15) is 0 Å². The van der Waals surface area contributed by atoms with Gasteiger partial charge in [0.2, 0.25) is 0 Å². The summed E-state index contributed by atoms with van der Waals surface area (Å²) in [6.45, 7) is 7.94. The number of likely N-dealkylation sites (N-methyl/N-ethyl adjacent to an activating group) is 1. The minimum Gasteiger partial charge on any atom is -0.311 e. The van der Waals surface area contributed by atoms with Crippen LogP contribution in [0, 0.1) is 0 Å². The third-order valence-corrected chi connectivity index (χ3v) is 2.77. The molecule has 2 nitrogen and oxygen atoms in total. The molecule has 0 aromatic rings. The zero-order chi connectivity index (χ0) is 9.68. The van der Waals surface area contributed by atoms with Crippen LogP contribution in [0.25, 0.3) is 0 Å². The van der Waals surface area contributed by atoms with E-state index >= 15 is 0 Å². The highest BCUT2D eigenvalue weighted by atomic mass is 15.2. The molecule has 0 saturated carbocycles. The van der Waals surface area contributed by atoms with Crippen molar-refractivity contribution in [1.82, 2.24) is 10.2 Å². The maximum Gasteiger partial charge on any atom is 0.0229 e. The molecule has 0 aromatic heterocycles. The van der Waals surface area contributed by atoms with Gasteiger partial charge in [-0.1, -0.05) is 18.6 Å². The predicted octanol–water partition coefficient (Wildman–Crippen LogP) is 1.64. The summed E-state index contributed by atoms with van der Waals surface area (Å²) in [4.78, 5) is 2.40. The summed E-state index contributed by atoms with van der Waals surface area (Å²) in [6, 6.07) is 0.667. The minimum absolute atomic E-state index is 0.667. The molecule has 1 fully saturated rings. The number of rotatable bonds is 3. The molecule has 0 bridgehead atoms. The van der Waals surface area contributed by atoms with Crippen molar-refractivity contribution in [2.45, 2.75) is 32.7 Å². The molecule has 1 atom stereocenters. The van der Waals surface area contributed by atoms with Crippen molar-refractivity contribution in [2.75, 3.05) is 26.7 Å². The van der Waals surface area contributed by atoms with Crippen LogP contribution in [0.4, 0.5) is 0 Å². The number of piperazine rings is 1. The Morgan fingerprint density at radius 2 is 2.38 bits per heavy atom. The first kappa shape index (κ1) is 10.7. The fraction of sp³-hybridized carbons (Fsp3) is 0.818. The van der Waals surface area contributed by atoms with Gasteiger partial charge < -0.3 is 10.2 Å². The van der Waals surface area contributed by atoms with E-state index in [0.717, 1.165) is 6.54 Å². The van der Waals surface area contributed by atoms with Crippen LogP contribution in [0.3, 0.4) is 0 Å². The predicted molar refractivity (Wildman–Crippen MR) is 58.0 cm³/mol. The molecular weight excluding hydrogens is 160 g/mol. The number of allylic oxidation sites excluding steroid dienone is 1. The second-order valence-corrected chi connectivity index (χ2v) is 4.05. The molecule has 0 aliphatic carbocycles. The molecule has 1 saturated heterocycles. The van der Waals surface area contributed by atoms with E-state index in [2.05, 4.69) is 37.2 Å². The fourth-order valence-corrected chi connectivity index (χ4v) is 1.64. The van der Waals surface area contributed by atoms with Gasteiger partial charge in [-0.05, 0) is 26.8 Å². The first-order valence-electron chi connectivity index (χ1n) is 5.30. The SMILES string of the molecule is CC/C(C)=C\CC1CN(C)CCN1. The summed E-state index contributed by atoms with van der Waals surface area (Å²) >= 11 is 0. The number of hydrogen-bond acceptors (Lipinski definition) is 2. The Kier molecular flexibility index (Phi) is 4.46. The summed E-state index contributed by atoms with van der Waals surface area (Å²) in [5.74, 6) is 0. The highest BCUT2D eigenvalue weighted by Crippen LogP contribution is 2.05. The molecule has 0 radical (unpaired) electrons. The monoisotopic (exact) mass is 182 g/mol. The lowest BCUT2D eigenvalue weighted by atomic mass is 10.1. The van der Waals surface area contributed by atoms with Gasteiger partial charge in [-0.15, -0.1) is 0 Å². The highest BCUT2D eigenvalue weighted by Gasteiger charge is 2.14. The Morgan fingerprint density at radius 1 is 1.62 bits per heavy atom. The van der Waals surface area contributed by atoms with Crippen molar-refractivity contribution in [3.8, 4) is 0 Å². The van der Waals surface area contributed by atoms with Crippen LogP contribution in [0.2, 0.25) is 0 Å². The molecule has 2 heteroatoms. The van der Waals surface area contributed by atoms with Crippen molar-refractivity contribution in [3.63, 3.8) is 0 Å². The van der Waals surface area contributed by atoms with Gasteiger partial charge in [-0.25, -0.2) is 0 Å². The second kappa shape index (κ2) is 5.40. The van der Waals surface area contributed by atoms with Crippen LogP contribution in [-0.4, -0.2) is 37.6 Å². The van der Waals surface area contributed by atoms with E-state index in [-0.39, 0.29) is 0 Å². The van der Waals surface area contributed by atoms with Gasteiger partial charge in [0.05, 0.1) is 0 Å². The molecule has 1 N–H and O–H groups in total. The van der Waals surface area contributed by atoms with Crippen molar-refractivity contribution in [3.05, 3.63) is 11.6 Å². The van der Waals surface area contributed by atoms with Crippen molar-refractivity contribution >= 4 is 0 Å². The molecule has 13 heavy (non-hydrogen) atoms. The Hall–Kier alpha value is -0.340. The van der Waals surface area contributed by atoms with Gasteiger partial charge in [0.1, 0.15) is 0 Å². The van der Waals surface area contributed by atoms with Crippen molar-refractivity contribution in [2.24, 2.45) is 0 Å². The van der Waals surface area contributed by atoms with E-state index in [0.29, 0.717) is 6.04 Å². The summed E-state index contributed by atoms with van der Waals surface area (Å²) < 4.78 is 0. The zero-order valence-electron chi connectivity index (χ0n) is 9.14. The Morgan fingerprint density at radius 3 is 3.00 bits per heavy atom. The molecule has 0 aromatic carbocycles. The topological polar surface area (TPSA) is 15.3 Å². The minimum atomic E-state index is 0.667. The van der Waals surface area contributed by atoms with Gasteiger partial charge in [0, 0.05) is 25.7 Å². The molecule has 0 amide bonds. The largest absolute Gasteiger partial charge is 0.311 e. The second-order valence-electron chi connectivity index (χ2n) is 4.05. The van der Waals surface area contributed by atoms with Crippen LogP contribution in [0.5, 0.6) is 0 Å². The summed E-state index contributed by atoms with van der Waals surface area (Å²) in [7, 11) is 2.20. The number of nitrogens with one attached hydrogen (secondary N) is 1. The van der Waals surface area contributed by atoms with Crippen LogP contribution >= 0.6 is 0 Å². The summed E-state index contributed by atoms with van der Waals surface area (Å²) in [5, 5.41) is 3.54. The molecule has 1 heterocycles. The van der Waals surface area contributed by atoms with E-state index in [4.69, 9.17) is 0 Å².